The van der Waals surface area contributed by atoms with Crippen LogP contribution in [0.15, 0.2) is 35.3 Å². The fourth-order valence-electron chi connectivity index (χ4n) is 4.52. The molecule has 2 aliphatic heterocycles. The van der Waals surface area contributed by atoms with Crippen molar-refractivity contribution in [3.05, 3.63) is 35.9 Å². The molecule has 2 heterocycles. The van der Waals surface area contributed by atoms with Gasteiger partial charge in [-0.05, 0) is 32.4 Å². The Hall–Kier alpha value is -0.900. The molecule has 3 atom stereocenters. The van der Waals surface area contributed by atoms with Crippen LogP contribution in [-0.2, 0) is 6.54 Å². The number of likely N-dealkylation sites (N-methyl/N-ethyl adjacent to an activating group) is 1. The van der Waals surface area contributed by atoms with Crippen LogP contribution in [0.3, 0.4) is 0 Å². The lowest BCUT2D eigenvalue weighted by Crippen LogP contribution is -2.53. The van der Waals surface area contributed by atoms with Gasteiger partial charge in [0.25, 0.3) is 0 Å². The number of hydrogen-bond donors (Lipinski definition) is 2. The van der Waals surface area contributed by atoms with Gasteiger partial charge in [-0.3, -0.25) is 14.8 Å². The Morgan fingerprint density at radius 3 is 2.50 bits per heavy atom. The zero-order valence-corrected chi connectivity index (χ0v) is 21.5. The monoisotopic (exact) mass is 528 g/mol. The van der Waals surface area contributed by atoms with Crippen LogP contribution in [0, 0.1) is 0 Å². The second-order valence-electron chi connectivity index (χ2n) is 8.61. The van der Waals surface area contributed by atoms with E-state index >= 15 is 0 Å². The largest absolute Gasteiger partial charge is 0.355 e. The molecule has 3 rings (SSSR count). The van der Waals surface area contributed by atoms with Crippen LogP contribution in [0.25, 0.3) is 0 Å². The first-order valence-electron chi connectivity index (χ1n) is 11.3. The van der Waals surface area contributed by atoms with E-state index in [0.717, 1.165) is 51.6 Å². The Bertz CT molecular complexity index is 632. The maximum absolute atomic E-state index is 4.48. The molecule has 7 heteroatoms. The Morgan fingerprint density at radius 2 is 1.87 bits per heavy atom. The molecular weight excluding hydrogens is 487 g/mol. The van der Waals surface area contributed by atoms with Gasteiger partial charge in [-0.2, -0.15) is 0 Å². The van der Waals surface area contributed by atoms with Gasteiger partial charge in [0.1, 0.15) is 0 Å². The van der Waals surface area contributed by atoms with Crippen LogP contribution in [0.4, 0.5) is 0 Å². The normalized spacial score (nSPS) is 25.0. The summed E-state index contributed by atoms with van der Waals surface area (Å²) in [5, 5.41) is 7.22. The van der Waals surface area contributed by atoms with Gasteiger partial charge in [0, 0.05) is 71.0 Å². The predicted octanol–water partition coefficient (Wildman–Crippen LogP) is 2.46. The fraction of sp³-hybridized carbons (Fsp3) is 0.696. The molecule has 1 aromatic rings. The third-order valence-corrected chi connectivity index (χ3v) is 6.54. The third kappa shape index (κ3) is 7.35. The van der Waals surface area contributed by atoms with Crippen molar-refractivity contribution in [2.45, 2.75) is 51.9 Å². The summed E-state index contributed by atoms with van der Waals surface area (Å²) >= 11 is 0. The van der Waals surface area contributed by atoms with Crippen LogP contribution in [0.2, 0.25) is 0 Å². The average molecular weight is 529 g/mol. The number of likely N-dealkylation sites (tertiary alicyclic amines) is 1. The third-order valence-electron chi connectivity index (χ3n) is 6.54. The number of benzene rings is 1. The van der Waals surface area contributed by atoms with Crippen molar-refractivity contribution in [3.63, 3.8) is 0 Å². The molecule has 1 aromatic carbocycles. The highest BCUT2D eigenvalue weighted by Crippen LogP contribution is 2.20. The predicted molar refractivity (Wildman–Crippen MR) is 138 cm³/mol. The van der Waals surface area contributed by atoms with E-state index in [2.05, 4.69) is 81.4 Å². The van der Waals surface area contributed by atoms with Crippen molar-refractivity contribution >= 4 is 29.9 Å². The van der Waals surface area contributed by atoms with E-state index in [1.54, 1.807) is 0 Å². The van der Waals surface area contributed by atoms with Crippen LogP contribution >= 0.6 is 24.0 Å². The SMILES string of the molecule is CCN1CCN(C(C)CNC(=NC)NC2CC(C)N(Cc3ccccc3)C2)CC1.I. The second-order valence-corrected chi connectivity index (χ2v) is 8.61. The first-order chi connectivity index (χ1) is 14.1. The minimum atomic E-state index is 0. The van der Waals surface area contributed by atoms with E-state index in [0.29, 0.717) is 18.1 Å². The van der Waals surface area contributed by atoms with Crippen molar-refractivity contribution in [3.8, 4) is 0 Å². The molecule has 0 amide bonds. The van der Waals surface area contributed by atoms with Crippen LogP contribution in [-0.4, -0.2) is 91.6 Å². The summed E-state index contributed by atoms with van der Waals surface area (Å²) in [7, 11) is 1.88. The Labute approximate surface area is 200 Å². The van der Waals surface area contributed by atoms with Crippen molar-refractivity contribution in [1.29, 1.82) is 0 Å². The Kier molecular flexibility index (Phi) is 10.8. The second kappa shape index (κ2) is 12.8. The van der Waals surface area contributed by atoms with Crippen molar-refractivity contribution in [2.75, 3.05) is 52.9 Å². The van der Waals surface area contributed by atoms with Gasteiger partial charge in [0.2, 0.25) is 0 Å². The quantitative estimate of drug-likeness (QED) is 0.324. The Balaban J connectivity index is 0.00000320. The van der Waals surface area contributed by atoms with E-state index in [1.165, 1.54) is 18.7 Å². The number of nitrogens with one attached hydrogen (secondary N) is 2. The highest BCUT2D eigenvalue weighted by molar-refractivity contribution is 14.0. The first-order valence-corrected chi connectivity index (χ1v) is 11.3. The summed E-state index contributed by atoms with van der Waals surface area (Å²) in [6, 6.07) is 12.3. The number of halogens is 1. The minimum Gasteiger partial charge on any atom is -0.355 e. The highest BCUT2D eigenvalue weighted by Gasteiger charge is 2.29. The van der Waals surface area contributed by atoms with Gasteiger partial charge in [-0.25, -0.2) is 0 Å². The van der Waals surface area contributed by atoms with E-state index in [1.807, 2.05) is 7.05 Å². The number of guanidine groups is 1. The fourth-order valence-corrected chi connectivity index (χ4v) is 4.52. The molecule has 2 aliphatic rings. The molecule has 0 aromatic heterocycles. The molecule has 30 heavy (non-hydrogen) atoms. The minimum absolute atomic E-state index is 0. The smallest absolute Gasteiger partial charge is 0.191 e. The molecule has 0 aliphatic carbocycles. The lowest BCUT2D eigenvalue weighted by molar-refractivity contribution is 0.107. The van der Waals surface area contributed by atoms with Crippen molar-refractivity contribution in [1.82, 2.24) is 25.3 Å². The molecule has 2 N–H and O–H groups in total. The van der Waals surface area contributed by atoms with Crippen LogP contribution in [0.5, 0.6) is 0 Å². The maximum Gasteiger partial charge on any atom is 0.191 e. The standard InChI is InChI=1S/C23H40N6.HI/c1-5-27-11-13-28(14-12-27)20(3)16-25-23(24-4)26-22-15-19(2)29(18-22)17-21-9-7-6-8-10-21;/h6-10,19-20,22H,5,11-18H2,1-4H3,(H2,24,25,26);1H. The van der Waals surface area contributed by atoms with E-state index in [4.69, 9.17) is 0 Å². The zero-order valence-electron chi connectivity index (χ0n) is 19.2. The number of piperazine rings is 1. The first kappa shape index (κ1) is 25.4. The highest BCUT2D eigenvalue weighted by atomic mass is 127. The lowest BCUT2D eigenvalue weighted by Gasteiger charge is -2.37. The van der Waals surface area contributed by atoms with E-state index in [-0.39, 0.29) is 24.0 Å². The molecule has 2 fully saturated rings. The van der Waals surface area contributed by atoms with Gasteiger partial charge < -0.3 is 15.5 Å². The zero-order chi connectivity index (χ0) is 20.6. The maximum atomic E-state index is 4.48. The number of rotatable bonds is 7. The van der Waals surface area contributed by atoms with Crippen LogP contribution in [0.1, 0.15) is 32.8 Å². The lowest BCUT2D eigenvalue weighted by atomic mass is 10.2. The summed E-state index contributed by atoms with van der Waals surface area (Å²) in [5.41, 5.74) is 1.39. The average Bonchev–Trinajstić information content (AvgIpc) is 3.10. The Morgan fingerprint density at radius 1 is 1.17 bits per heavy atom. The van der Waals surface area contributed by atoms with Crippen molar-refractivity contribution in [2.24, 2.45) is 4.99 Å². The van der Waals surface area contributed by atoms with Crippen molar-refractivity contribution < 1.29 is 0 Å². The summed E-state index contributed by atoms with van der Waals surface area (Å²) in [6.45, 7) is 15.8. The summed E-state index contributed by atoms with van der Waals surface area (Å²) in [4.78, 5) is 12.2. The van der Waals surface area contributed by atoms with Gasteiger partial charge in [0.15, 0.2) is 5.96 Å². The molecule has 0 saturated carbocycles. The van der Waals surface area contributed by atoms with E-state index in [9.17, 15) is 0 Å². The van der Waals surface area contributed by atoms with E-state index < -0.39 is 0 Å². The molecule has 6 nitrogen and oxygen atoms in total. The van der Waals surface area contributed by atoms with Gasteiger partial charge in [0.05, 0.1) is 0 Å². The van der Waals surface area contributed by atoms with Crippen LogP contribution < -0.4 is 10.6 Å². The van der Waals surface area contributed by atoms with Gasteiger partial charge in [-0.15, -0.1) is 24.0 Å². The molecule has 0 radical (unpaired) electrons. The topological polar surface area (TPSA) is 46.1 Å². The molecule has 0 bridgehead atoms. The number of aliphatic imine (C=N–C) groups is 1. The van der Waals surface area contributed by atoms with Gasteiger partial charge >= 0.3 is 0 Å². The molecule has 3 unspecified atom stereocenters. The summed E-state index contributed by atoms with van der Waals surface area (Å²) in [5.74, 6) is 0.933. The number of hydrogen-bond acceptors (Lipinski definition) is 4. The molecule has 170 valence electrons. The molecule has 0 spiro atoms. The summed E-state index contributed by atoms with van der Waals surface area (Å²) < 4.78 is 0. The number of nitrogens with zero attached hydrogens (tertiary/aromatic N) is 4. The van der Waals surface area contributed by atoms with Gasteiger partial charge in [-0.1, -0.05) is 37.3 Å². The molecule has 2 saturated heterocycles. The summed E-state index contributed by atoms with van der Waals surface area (Å²) in [6.07, 6.45) is 1.15. The molecular formula is C23H41IN6.